The van der Waals surface area contributed by atoms with Crippen molar-refractivity contribution in [2.24, 2.45) is 45.3 Å². The van der Waals surface area contributed by atoms with Crippen LogP contribution in [0.4, 0.5) is 0 Å². The minimum absolute atomic E-state index is 0.00675. The van der Waals surface area contributed by atoms with Crippen molar-refractivity contribution < 1.29 is 23.9 Å². The molecule has 1 saturated heterocycles. The third-order valence-corrected chi connectivity index (χ3v) is 12.1. The van der Waals surface area contributed by atoms with Gasteiger partial charge in [-0.1, -0.05) is 34.6 Å². The maximum atomic E-state index is 14.3. The third kappa shape index (κ3) is 2.67. The number of ketones is 3. The Hall–Kier alpha value is -1.07. The first-order chi connectivity index (χ1) is 15.8. The molecule has 0 amide bonds. The van der Waals surface area contributed by atoms with Crippen molar-refractivity contribution in [1.29, 1.82) is 0 Å². The van der Waals surface area contributed by atoms with E-state index in [9.17, 15) is 14.4 Å². The summed E-state index contributed by atoms with van der Waals surface area (Å²) in [4.78, 5) is 39.4. The normalized spacial score (nSPS) is 49.9. The van der Waals surface area contributed by atoms with Crippen LogP contribution in [0.1, 0.15) is 99.8 Å². The van der Waals surface area contributed by atoms with E-state index in [1.807, 2.05) is 20.8 Å². The second kappa shape index (κ2) is 7.47. The fraction of sp³-hybridized carbons (Fsp3) is 0.897. The van der Waals surface area contributed by atoms with Crippen molar-refractivity contribution in [3.63, 3.8) is 0 Å². The lowest BCUT2D eigenvalue weighted by Crippen LogP contribution is -2.69. The average Bonchev–Trinajstić information content (AvgIpc) is 3.11. The smallest absolute Gasteiger partial charge is 0.165 e. The van der Waals surface area contributed by atoms with Crippen molar-refractivity contribution in [3.05, 3.63) is 0 Å². The van der Waals surface area contributed by atoms with Gasteiger partial charge in [0, 0.05) is 43.1 Å². The molecule has 4 saturated carbocycles. The van der Waals surface area contributed by atoms with Gasteiger partial charge in [0.2, 0.25) is 0 Å². The van der Waals surface area contributed by atoms with E-state index in [1.165, 1.54) is 0 Å². The Labute approximate surface area is 205 Å². The molecule has 0 N–H and O–H groups in total. The lowest BCUT2D eigenvalue weighted by Gasteiger charge is -2.65. The average molecular weight is 473 g/mol. The van der Waals surface area contributed by atoms with Crippen molar-refractivity contribution in [3.8, 4) is 0 Å². The first-order valence-corrected chi connectivity index (χ1v) is 13.7. The zero-order valence-corrected chi connectivity index (χ0v) is 22.3. The summed E-state index contributed by atoms with van der Waals surface area (Å²) in [5, 5.41) is 0. The van der Waals surface area contributed by atoms with Crippen LogP contribution in [-0.2, 0) is 23.9 Å². The maximum absolute atomic E-state index is 14.3. The van der Waals surface area contributed by atoms with Gasteiger partial charge in [0.25, 0.3) is 0 Å². The summed E-state index contributed by atoms with van der Waals surface area (Å²) < 4.78 is 13.2. The van der Waals surface area contributed by atoms with Crippen molar-refractivity contribution in [1.82, 2.24) is 0 Å². The van der Waals surface area contributed by atoms with Gasteiger partial charge in [0.15, 0.2) is 6.29 Å². The van der Waals surface area contributed by atoms with E-state index in [0.29, 0.717) is 37.7 Å². The van der Waals surface area contributed by atoms with Crippen LogP contribution in [0.25, 0.3) is 0 Å². The number of carbonyl (C=O) groups is 3. The number of Topliss-reactive ketones (excluding diaryl/α,β-unsaturated/α-hetero) is 3. The topological polar surface area (TPSA) is 69.7 Å². The summed E-state index contributed by atoms with van der Waals surface area (Å²) in [6, 6.07) is 0. The predicted molar refractivity (Wildman–Crippen MR) is 129 cm³/mol. The van der Waals surface area contributed by atoms with E-state index in [-0.39, 0.29) is 45.4 Å². The second-order valence-electron chi connectivity index (χ2n) is 13.5. The Kier molecular flexibility index (Phi) is 5.41. The second-order valence-corrected chi connectivity index (χ2v) is 13.5. The molecule has 0 radical (unpaired) electrons. The lowest BCUT2D eigenvalue weighted by molar-refractivity contribution is -0.230. The highest BCUT2D eigenvalue weighted by Gasteiger charge is 2.82. The first-order valence-electron chi connectivity index (χ1n) is 13.7. The molecular weight excluding hydrogens is 428 g/mol. The molecule has 5 aliphatic rings. The number of fused-ring (bicyclic) bond motifs is 2. The van der Waals surface area contributed by atoms with Gasteiger partial charge in [-0.25, -0.2) is 0 Å². The summed E-state index contributed by atoms with van der Waals surface area (Å²) in [5.74, 6) is 1.57. The molecule has 4 aliphatic carbocycles. The Morgan fingerprint density at radius 1 is 1.09 bits per heavy atom. The highest BCUT2D eigenvalue weighted by molar-refractivity contribution is 5.92. The number of hydrogen-bond acceptors (Lipinski definition) is 5. The minimum atomic E-state index is -0.750. The zero-order chi connectivity index (χ0) is 24.9. The molecule has 5 heteroatoms. The van der Waals surface area contributed by atoms with Gasteiger partial charge in [-0.05, 0) is 68.6 Å². The van der Waals surface area contributed by atoms with E-state index in [2.05, 4.69) is 20.8 Å². The number of ether oxygens (including phenoxy) is 2. The van der Waals surface area contributed by atoms with Crippen molar-refractivity contribution in [2.75, 3.05) is 6.61 Å². The molecule has 190 valence electrons. The summed E-state index contributed by atoms with van der Waals surface area (Å²) in [6.45, 7) is 15.2. The van der Waals surface area contributed by atoms with Crippen LogP contribution in [0.3, 0.4) is 0 Å². The molecule has 1 heterocycles. The van der Waals surface area contributed by atoms with Gasteiger partial charge >= 0.3 is 0 Å². The molecule has 2 bridgehead atoms. The van der Waals surface area contributed by atoms with Crippen LogP contribution in [0.2, 0.25) is 0 Å². The van der Waals surface area contributed by atoms with E-state index < -0.39 is 17.3 Å². The van der Waals surface area contributed by atoms with Crippen LogP contribution in [0.15, 0.2) is 0 Å². The summed E-state index contributed by atoms with van der Waals surface area (Å²) in [5.41, 5.74) is -1.95. The predicted octanol–water partition coefficient (Wildman–Crippen LogP) is 5.53. The number of carbonyl (C=O) groups excluding carboxylic acids is 3. The molecule has 5 fully saturated rings. The Morgan fingerprint density at radius 2 is 1.79 bits per heavy atom. The quantitative estimate of drug-likeness (QED) is 0.526. The van der Waals surface area contributed by atoms with Crippen molar-refractivity contribution in [2.45, 2.75) is 112 Å². The SMILES string of the molecule is CCO[C@@H]1O[C@]23CC(=O)[C@@H]4[C@@]1(CC[C@]1(C)[C@@H]([C@H](C)CC(C)=O)CC[C@@]41C)[C@@H]2CCC(=O)C3(C)C. The van der Waals surface area contributed by atoms with Gasteiger partial charge in [-0.3, -0.25) is 9.59 Å². The Morgan fingerprint density at radius 3 is 2.44 bits per heavy atom. The Bertz CT molecular complexity index is 923. The standard InChI is InChI=1S/C29H44O5/c1-8-33-24-28-14-13-26(6)19(17(2)15-18(3)30)11-12-27(26,7)23(28)20(31)16-29(34-24)21(28)9-10-22(32)25(29,4)5/h17,19,21,23-24H,8-16H2,1-7H3/t17-,19-,21+,23+,24-,26-,27+,28-,29-/m1/s1. The van der Waals surface area contributed by atoms with Crippen molar-refractivity contribution >= 4 is 17.3 Å². The summed E-state index contributed by atoms with van der Waals surface area (Å²) in [6.07, 6.45) is 5.88. The molecular formula is C29H44O5. The molecule has 1 spiro atoms. The Balaban J connectivity index is 1.63. The third-order valence-electron chi connectivity index (χ3n) is 12.1. The van der Waals surface area contributed by atoms with Gasteiger partial charge in [0.05, 0.1) is 11.0 Å². The molecule has 5 rings (SSSR count). The molecule has 0 aromatic rings. The molecule has 0 aromatic heterocycles. The molecule has 1 aliphatic heterocycles. The number of rotatable bonds is 5. The molecule has 0 unspecified atom stereocenters. The first kappa shape index (κ1) is 24.6. The van der Waals surface area contributed by atoms with Gasteiger partial charge in [-0.2, -0.15) is 0 Å². The van der Waals surface area contributed by atoms with E-state index in [1.54, 1.807) is 6.92 Å². The largest absolute Gasteiger partial charge is 0.352 e. The van der Waals surface area contributed by atoms with E-state index >= 15 is 0 Å². The van der Waals surface area contributed by atoms with Crippen LogP contribution >= 0.6 is 0 Å². The maximum Gasteiger partial charge on any atom is 0.165 e. The van der Waals surface area contributed by atoms with Crippen LogP contribution in [0.5, 0.6) is 0 Å². The fourth-order valence-electron chi connectivity index (χ4n) is 10.4. The van der Waals surface area contributed by atoms with Gasteiger partial charge < -0.3 is 14.3 Å². The fourth-order valence-corrected chi connectivity index (χ4v) is 10.4. The van der Waals surface area contributed by atoms with Gasteiger partial charge in [0.1, 0.15) is 17.3 Å². The van der Waals surface area contributed by atoms with Crippen LogP contribution in [0, 0.1) is 45.3 Å². The molecule has 5 nitrogen and oxygen atoms in total. The summed E-state index contributed by atoms with van der Waals surface area (Å²) >= 11 is 0. The van der Waals surface area contributed by atoms with E-state index in [4.69, 9.17) is 9.47 Å². The van der Waals surface area contributed by atoms with Crippen LogP contribution in [-0.4, -0.2) is 35.8 Å². The minimum Gasteiger partial charge on any atom is -0.352 e. The number of hydrogen-bond donors (Lipinski definition) is 0. The zero-order valence-electron chi connectivity index (χ0n) is 22.3. The monoisotopic (exact) mass is 472 g/mol. The highest BCUT2D eigenvalue weighted by atomic mass is 16.7. The lowest BCUT2D eigenvalue weighted by atomic mass is 9.36. The molecule has 0 aromatic carbocycles. The summed E-state index contributed by atoms with van der Waals surface area (Å²) in [7, 11) is 0. The molecule has 9 atom stereocenters. The van der Waals surface area contributed by atoms with E-state index in [0.717, 1.165) is 32.1 Å². The highest BCUT2D eigenvalue weighted by Crippen LogP contribution is 2.79. The van der Waals surface area contributed by atoms with Crippen LogP contribution < -0.4 is 0 Å². The molecule has 34 heavy (non-hydrogen) atoms. The van der Waals surface area contributed by atoms with Gasteiger partial charge in [-0.15, -0.1) is 0 Å².